The number of unbranched alkanes of at least 4 members (excludes halogenated alkanes) is 1. The molecule has 8 heteroatoms. The standard InChI is InChI=1S/C13H14N4O4/c1-2-3-4-11(18)14-13-16-15-12(21-13)9-5-7-10(8-6-9)17(19)20/h5-8H,2-4H2,1H3,(H,14,16,18). The first-order valence-electron chi connectivity index (χ1n) is 6.48. The van der Waals surface area contributed by atoms with E-state index in [-0.39, 0.29) is 23.5 Å². The van der Waals surface area contributed by atoms with Crippen molar-refractivity contribution >= 4 is 17.6 Å². The van der Waals surface area contributed by atoms with Gasteiger partial charge < -0.3 is 4.42 Å². The van der Waals surface area contributed by atoms with E-state index in [4.69, 9.17) is 4.42 Å². The molecule has 1 amide bonds. The molecule has 2 rings (SSSR count). The molecule has 21 heavy (non-hydrogen) atoms. The van der Waals surface area contributed by atoms with Gasteiger partial charge in [0.15, 0.2) is 0 Å². The van der Waals surface area contributed by atoms with Gasteiger partial charge in [0, 0.05) is 24.1 Å². The first-order chi connectivity index (χ1) is 10.1. The number of carbonyl (C=O) groups excluding carboxylic acids is 1. The molecule has 1 heterocycles. The quantitative estimate of drug-likeness (QED) is 0.646. The number of hydrogen-bond donors (Lipinski definition) is 1. The summed E-state index contributed by atoms with van der Waals surface area (Å²) in [5, 5.41) is 20.6. The van der Waals surface area contributed by atoms with Crippen molar-refractivity contribution in [2.45, 2.75) is 26.2 Å². The Hall–Kier alpha value is -2.77. The topological polar surface area (TPSA) is 111 Å². The summed E-state index contributed by atoms with van der Waals surface area (Å²) in [6.07, 6.45) is 2.10. The highest BCUT2D eigenvalue weighted by Gasteiger charge is 2.12. The molecule has 1 N–H and O–H groups in total. The van der Waals surface area contributed by atoms with E-state index in [9.17, 15) is 14.9 Å². The normalized spacial score (nSPS) is 10.3. The number of rotatable bonds is 6. The Morgan fingerprint density at radius 2 is 2.05 bits per heavy atom. The van der Waals surface area contributed by atoms with Crippen LogP contribution in [0.15, 0.2) is 28.7 Å². The zero-order valence-electron chi connectivity index (χ0n) is 11.4. The van der Waals surface area contributed by atoms with E-state index in [2.05, 4.69) is 15.5 Å². The number of amides is 1. The van der Waals surface area contributed by atoms with Gasteiger partial charge in [-0.2, -0.15) is 0 Å². The molecule has 0 saturated carbocycles. The summed E-state index contributed by atoms with van der Waals surface area (Å²) in [7, 11) is 0. The van der Waals surface area contributed by atoms with Crippen LogP contribution in [-0.4, -0.2) is 21.0 Å². The molecule has 8 nitrogen and oxygen atoms in total. The summed E-state index contributed by atoms with van der Waals surface area (Å²) in [6, 6.07) is 5.73. The van der Waals surface area contributed by atoms with Crippen LogP contribution in [0, 0.1) is 10.1 Å². The van der Waals surface area contributed by atoms with Gasteiger partial charge in [-0.05, 0) is 18.6 Å². The molecular formula is C13H14N4O4. The van der Waals surface area contributed by atoms with Crippen LogP contribution in [0.1, 0.15) is 26.2 Å². The van der Waals surface area contributed by atoms with Gasteiger partial charge in [0.1, 0.15) is 0 Å². The van der Waals surface area contributed by atoms with Gasteiger partial charge in [-0.15, -0.1) is 5.10 Å². The fourth-order valence-electron chi connectivity index (χ4n) is 1.64. The highest BCUT2D eigenvalue weighted by molar-refractivity contribution is 5.88. The second-order valence-corrected chi connectivity index (χ2v) is 4.37. The van der Waals surface area contributed by atoms with E-state index in [0.29, 0.717) is 12.0 Å². The highest BCUT2D eigenvalue weighted by atomic mass is 16.6. The maximum absolute atomic E-state index is 11.5. The molecule has 0 aliphatic heterocycles. The van der Waals surface area contributed by atoms with Crippen molar-refractivity contribution in [1.29, 1.82) is 0 Å². The SMILES string of the molecule is CCCCC(=O)Nc1nnc(-c2ccc([N+](=O)[O-])cc2)o1. The number of nitrogens with one attached hydrogen (secondary N) is 1. The van der Waals surface area contributed by atoms with Crippen LogP contribution in [0.4, 0.5) is 11.7 Å². The van der Waals surface area contributed by atoms with Crippen LogP contribution >= 0.6 is 0 Å². The van der Waals surface area contributed by atoms with Crippen molar-refractivity contribution in [3.8, 4) is 11.5 Å². The molecule has 0 fully saturated rings. The fourth-order valence-corrected chi connectivity index (χ4v) is 1.64. The average Bonchev–Trinajstić information content (AvgIpc) is 2.93. The van der Waals surface area contributed by atoms with Crippen molar-refractivity contribution < 1.29 is 14.1 Å². The molecule has 0 bridgehead atoms. The van der Waals surface area contributed by atoms with Gasteiger partial charge in [-0.25, -0.2) is 0 Å². The van der Waals surface area contributed by atoms with Crippen LogP contribution in [-0.2, 0) is 4.79 Å². The van der Waals surface area contributed by atoms with Crippen molar-refractivity contribution in [3.05, 3.63) is 34.4 Å². The molecular weight excluding hydrogens is 276 g/mol. The summed E-state index contributed by atoms with van der Waals surface area (Å²) in [4.78, 5) is 21.6. The monoisotopic (exact) mass is 290 g/mol. The Labute approximate surface area is 120 Å². The number of nitrogens with zero attached hydrogens (tertiary/aromatic N) is 3. The van der Waals surface area contributed by atoms with E-state index < -0.39 is 4.92 Å². The minimum atomic E-state index is -0.489. The summed E-state index contributed by atoms with van der Waals surface area (Å²) < 4.78 is 5.30. The molecule has 0 radical (unpaired) electrons. The van der Waals surface area contributed by atoms with Gasteiger partial charge in [-0.1, -0.05) is 18.4 Å². The Bertz CT molecular complexity index is 636. The number of nitro groups is 1. The molecule has 110 valence electrons. The number of benzene rings is 1. The van der Waals surface area contributed by atoms with Gasteiger partial charge >= 0.3 is 6.01 Å². The zero-order chi connectivity index (χ0) is 15.2. The molecule has 0 saturated heterocycles. The predicted molar refractivity (Wildman–Crippen MR) is 74.5 cm³/mol. The van der Waals surface area contributed by atoms with Gasteiger partial charge in [0.05, 0.1) is 4.92 Å². The predicted octanol–water partition coefficient (Wildman–Crippen LogP) is 2.77. The lowest BCUT2D eigenvalue weighted by molar-refractivity contribution is -0.384. The highest BCUT2D eigenvalue weighted by Crippen LogP contribution is 2.22. The summed E-state index contributed by atoms with van der Waals surface area (Å²) in [5.41, 5.74) is 0.522. The van der Waals surface area contributed by atoms with E-state index >= 15 is 0 Å². The molecule has 1 aromatic carbocycles. The van der Waals surface area contributed by atoms with Crippen LogP contribution in [0.3, 0.4) is 0 Å². The third-order valence-electron chi connectivity index (χ3n) is 2.75. The van der Waals surface area contributed by atoms with Gasteiger partial charge in [0.25, 0.3) is 5.69 Å². The maximum atomic E-state index is 11.5. The van der Waals surface area contributed by atoms with Crippen LogP contribution in [0.2, 0.25) is 0 Å². The number of non-ortho nitro benzene ring substituents is 1. The summed E-state index contributed by atoms with van der Waals surface area (Å²) in [5.74, 6) is 0.00596. The molecule has 0 aliphatic rings. The molecule has 0 aliphatic carbocycles. The lowest BCUT2D eigenvalue weighted by atomic mass is 10.2. The van der Waals surface area contributed by atoms with Crippen molar-refractivity contribution in [3.63, 3.8) is 0 Å². The average molecular weight is 290 g/mol. The molecule has 0 atom stereocenters. The van der Waals surface area contributed by atoms with E-state index in [1.54, 1.807) is 0 Å². The minimum Gasteiger partial charge on any atom is -0.403 e. The molecule has 2 aromatic rings. The van der Waals surface area contributed by atoms with Gasteiger partial charge in [0.2, 0.25) is 11.8 Å². The number of carbonyl (C=O) groups is 1. The van der Waals surface area contributed by atoms with Crippen LogP contribution in [0.25, 0.3) is 11.5 Å². The van der Waals surface area contributed by atoms with Gasteiger partial charge in [-0.3, -0.25) is 20.2 Å². The second-order valence-electron chi connectivity index (χ2n) is 4.37. The lowest BCUT2D eigenvalue weighted by Crippen LogP contribution is -2.11. The third kappa shape index (κ3) is 3.85. The van der Waals surface area contributed by atoms with E-state index in [0.717, 1.165) is 12.8 Å². The number of nitro benzene ring substituents is 1. The Balaban J connectivity index is 2.05. The van der Waals surface area contributed by atoms with Crippen LogP contribution < -0.4 is 5.32 Å². The third-order valence-corrected chi connectivity index (χ3v) is 2.75. The number of aromatic nitrogens is 2. The summed E-state index contributed by atoms with van der Waals surface area (Å²) in [6.45, 7) is 1.99. The van der Waals surface area contributed by atoms with E-state index in [1.807, 2.05) is 6.92 Å². The smallest absolute Gasteiger partial charge is 0.322 e. The van der Waals surface area contributed by atoms with Crippen molar-refractivity contribution in [1.82, 2.24) is 10.2 Å². The summed E-state index contributed by atoms with van der Waals surface area (Å²) >= 11 is 0. The van der Waals surface area contributed by atoms with Crippen molar-refractivity contribution in [2.24, 2.45) is 0 Å². The molecule has 0 unspecified atom stereocenters. The second kappa shape index (κ2) is 6.60. The number of hydrogen-bond acceptors (Lipinski definition) is 6. The Morgan fingerprint density at radius 1 is 1.33 bits per heavy atom. The Morgan fingerprint density at radius 3 is 2.67 bits per heavy atom. The van der Waals surface area contributed by atoms with Crippen molar-refractivity contribution in [2.75, 3.05) is 5.32 Å². The fraction of sp³-hybridized carbons (Fsp3) is 0.308. The maximum Gasteiger partial charge on any atom is 0.322 e. The first kappa shape index (κ1) is 14.6. The Kier molecular flexibility index (Phi) is 4.60. The largest absolute Gasteiger partial charge is 0.403 e. The lowest BCUT2D eigenvalue weighted by Gasteiger charge is -1.98. The van der Waals surface area contributed by atoms with E-state index in [1.165, 1.54) is 24.3 Å². The first-order valence-corrected chi connectivity index (χ1v) is 6.48. The molecule has 1 aromatic heterocycles. The van der Waals surface area contributed by atoms with Crippen LogP contribution in [0.5, 0.6) is 0 Å². The molecule has 0 spiro atoms. The minimum absolute atomic E-state index is 0.0180. The number of anilines is 1. The zero-order valence-corrected chi connectivity index (χ0v) is 11.4.